The molecule has 3 N–H and O–H groups in total. The molecule has 0 spiro atoms. The van der Waals surface area contributed by atoms with E-state index >= 15 is 0 Å². The van der Waals surface area contributed by atoms with Gasteiger partial charge in [0.2, 0.25) is 0 Å². The van der Waals surface area contributed by atoms with Crippen LogP contribution in [0.2, 0.25) is 5.02 Å². The number of nitrogens with two attached hydrogens (primary N) is 1. The standard InChI is InChI=1S/C14H12ClN3O3/c1-8-2-4-12(10(6-8)14(16)17)21-13-5-3-9(18(19)20)7-11(13)15/h2-7H,1H3,(H3,16,17). The molecule has 0 saturated carbocycles. The van der Waals surface area contributed by atoms with Crippen molar-refractivity contribution in [2.45, 2.75) is 6.92 Å². The van der Waals surface area contributed by atoms with E-state index in [2.05, 4.69) is 0 Å². The molecule has 2 aromatic rings. The molecule has 6 nitrogen and oxygen atoms in total. The van der Waals surface area contributed by atoms with Crippen LogP contribution in [0.1, 0.15) is 11.1 Å². The number of hydrogen-bond acceptors (Lipinski definition) is 4. The highest BCUT2D eigenvalue weighted by atomic mass is 35.5. The third kappa shape index (κ3) is 3.29. The lowest BCUT2D eigenvalue weighted by atomic mass is 10.1. The Hall–Kier alpha value is -2.60. The molecule has 0 aliphatic rings. The SMILES string of the molecule is Cc1ccc(Oc2ccc([N+](=O)[O-])cc2Cl)c(C(=N)N)c1. The third-order valence-electron chi connectivity index (χ3n) is 2.77. The van der Waals surface area contributed by atoms with Gasteiger partial charge in [0.15, 0.2) is 0 Å². The number of non-ortho nitro benzene ring substituents is 1. The maximum absolute atomic E-state index is 10.7. The van der Waals surface area contributed by atoms with Gasteiger partial charge in [-0.05, 0) is 25.1 Å². The highest BCUT2D eigenvalue weighted by molar-refractivity contribution is 6.32. The molecule has 0 unspecified atom stereocenters. The predicted octanol–water partition coefficient (Wildman–Crippen LogP) is 3.63. The van der Waals surface area contributed by atoms with Crippen molar-refractivity contribution in [2.75, 3.05) is 0 Å². The predicted molar refractivity (Wildman–Crippen MR) is 80.4 cm³/mol. The minimum atomic E-state index is -0.539. The summed E-state index contributed by atoms with van der Waals surface area (Å²) >= 11 is 5.97. The van der Waals surface area contributed by atoms with Crippen LogP contribution in [-0.2, 0) is 0 Å². The molecule has 0 fully saturated rings. The number of benzene rings is 2. The minimum Gasteiger partial charge on any atom is -0.455 e. The fraction of sp³-hybridized carbons (Fsp3) is 0.0714. The summed E-state index contributed by atoms with van der Waals surface area (Å²) in [6.45, 7) is 1.87. The van der Waals surface area contributed by atoms with Crippen molar-refractivity contribution in [3.63, 3.8) is 0 Å². The lowest BCUT2D eigenvalue weighted by Crippen LogP contribution is -2.12. The maximum atomic E-state index is 10.7. The van der Waals surface area contributed by atoms with Crippen LogP contribution >= 0.6 is 11.6 Å². The summed E-state index contributed by atoms with van der Waals surface area (Å²) in [6.07, 6.45) is 0. The van der Waals surface area contributed by atoms with Crippen molar-refractivity contribution in [2.24, 2.45) is 5.73 Å². The first-order valence-corrected chi connectivity index (χ1v) is 6.33. The molecule has 0 aliphatic carbocycles. The van der Waals surface area contributed by atoms with Crippen LogP contribution in [-0.4, -0.2) is 10.8 Å². The van der Waals surface area contributed by atoms with Gasteiger partial charge in [0.05, 0.1) is 15.5 Å². The van der Waals surface area contributed by atoms with E-state index in [9.17, 15) is 10.1 Å². The number of ether oxygens (including phenoxy) is 1. The normalized spacial score (nSPS) is 10.2. The van der Waals surface area contributed by atoms with Gasteiger partial charge in [-0.15, -0.1) is 0 Å². The Balaban J connectivity index is 2.39. The second kappa shape index (κ2) is 5.80. The summed E-state index contributed by atoms with van der Waals surface area (Å²) in [5, 5.41) is 18.3. The number of nitro groups is 1. The average Bonchev–Trinajstić information content (AvgIpc) is 2.42. The molecule has 7 heteroatoms. The van der Waals surface area contributed by atoms with Crippen LogP contribution < -0.4 is 10.5 Å². The van der Waals surface area contributed by atoms with Crippen molar-refractivity contribution in [1.29, 1.82) is 5.41 Å². The summed E-state index contributed by atoms with van der Waals surface area (Å²) in [5.74, 6) is 0.490. The summed E-state index contributed by atoms with van der Waals surface area (Å²) < 4.78 is 5.62. The van der Waals surface area contributed by atoms with Crippen molar-refractivity contribution < 1.29 is 9.66 Å². The van der Waals surface area contributed by atoms with Crippen molar-refractivity contribution >= 4 is 23.1 Å². The Bertz CT molecular complexity index is 731. The van der Waals surface area contributed by atoms with Gasteiger partial charge < -0.3 is 10.5 Å². The largest absolute Gasteiger partial charge is 0.455 e. The number of nitrogens with zero attached hydrogens (tertiary/aromatic N) is 1. The number of aryl methyl sites for hydroxylation is 1. The van der Waals surface area contributed by atoms with Gasteiger partial charge >= 0.3 is 0 Å². The third-order valence-corrected chi connectivity index (χ3v) is 3.07. The number of nitrogens with one attached hydrogen (secondary N) is 1. The smallest absolute Gasteiger partial charge is 0.271 e. The van der Waals surface area contributed by atoms with Crippen LogP contribution in [0.4, 0.5) is 5.69 Å². The van der Waals surface area contributed by atoms with Crippen molar-refractivity contribution in [1.82, 2.24) is 0 Å². The van der Waals surface area contributed by atoms with E-state index in [1.54, 1.807) is 18.2 Å². The van der Waals surface area contributed by atoms with Crippen LogP contribution in [0.3, 0.4) is 0 Å². The zero-order chi connectivity index (χ0) is 15.6. The molecule has 0 bridgehead atoms. The van der Waals surface area contributed by atoms with Crippen LogP contribution in [0.5, 0.6) is 11.5 Å². The highest BCUT2D eigenvalue weighted by Gasteiger charge is 2.13. The summed E-state index contributed by atoms with van der Waals surface area (Å²) in [4.78, 5) is 10.1. The first kappa shape index (κ1) is 14.8. The van der Waals surface area contributed by atoms with Crippen molar-refractivity contribution in [3.05, 3.63) is 62.7 Å². The quantitative estimate of drug-likeness (QED) is 0.389. The Labute approximate surface area is 125 Å². The molecule has 21 heavy (non-hydrogen) atoms. The van der Waals surface area contributed by atoms with E-state index in [0.29, 0.717) is 11.3 Å². The molecule has 2 aromatic carbocycles. The fourth-order valence-electron chi connectivity index (χ4n) is 1.75. The molecule has 0 aliphatic heterocycles. The fourth-order valence-corrected chi connectivity index (χ4v) is 1.96. The van der Waals surface area contributed by atoms with E-state index in [1.165, 1.54) is 18.2 Å². The Kier molecular flexibility index (Phi) is 4.09. The second-order valence-corrected chi connectivity index (χ2v) is 4.79. The molecule has 0 radical (unpaired) electrons. The van der Waals surface area contributed by atoms with Gasteiger partial charge in [0, 0.05) is 12.1 Å². The molecule has 2 rings (SSSR count). The van der Waals surface area contributed by atoms with Gasteiger partial charge in [0.1, 0.15) is 17.3 Å². The average molecular weight is 306 g/mol. The molecule has 0 amide bonds. The van der Waals surface area contributed by atoms with Gasteiger partial charge in [-0.3, -0.25) is 15.5 Å². The molecular formula is C14H12ClN3O3. The highest BCUT2D eigenvalue weighted by Crippen LogP contribution is 2.33. The monoisotopic (exact) mass is 305 g/mol. The Morgan fingerprint density at radius 1 is 1.29 bits per heavy atom. The topological polar surface area (TPSA) is 102 Å². The molecule has 108 valence electrons. The van der Waals surface area contributed by atoms with Gasteiger partial charge in [-0.2, -0.15) is 0 Å². The Morgan fingerprint density at radius 3 is 2.52 bits per heavy atom. The van der Waals surface area contributed by atoms with Crippen molar-refractivity contribution in [3.8, 4) is 11.5 Å². The number of amidine groups is 1. The molecule has 0 heterocycles. The lowest BCUT2D eigenvalue weighted by Gasteiger charge is -2.12. The number of nitro benzene ring substituents is 1. The van der Waals surface area contributed by atoms with Crippen LogP contribution in [0.25, 0.3) is 0 Å². The van der Waals surface area contributed by atoms with E-state index in [1.807, 2.05) is 6.92 Å². The zero-order valence-corrected chi connectivity index (χ0v) is 11.8. The summed E-state index contributed by atoms with van der Waals surface area (Å²) in [5.41, 5.74) is 6.77. The molecular weight excluding hydrogens is 294 g/mol. The first-order valence-electron chi connectivity index (χ1n) is 5.95. The van der Waals surface area contributed by atoms with Crippen LogP contribution in [0, 0.1) is 22.4 Å². The van der Waals surface area contributed by atoms with Crippen LogP contribution in [0.15, 0.2) is 36.4 Å². The van der Waals surface area contributed by atoms with E-state index < -0.39 is 4.92 Å². The maximum Gasteiger partial charge on any atom is 0.271 e. The zero-order valence-electron chi connectivity index (χ0n) is 11.1. The Morgan fingerprint density at radius 2 is 1.95 bits per heavy atom. The summed E-state index contributed by atoms with van der Waals surface area (Å²) in [7, 11) is 0. The first-order chi connectivity index (χ1) is 9.88. The van der Waals surface area contributed by atoms with E-state index in [0.717, 1.165) is 5.56 Å². The van der Waals surface area contributed by atoms with Gasteiger partial charge in [-0.25, -0.2) is 0 Å². The summed E-state index contributed by atoms with van der Waals surface area (Å²) in [6, 6.07) is 9.10. The number of halogens is 1. The minimum absolute atomic E-state index is 0.110. The number of nitrogen functional groups attached to an aromatic ring is 1. The molecule has 0 aromatic heterocycles. The lowest BCUT2D eigenvalue weighted by molar-refractivity contribution is -0.384. The number of hydrogen-bond donors (Lipinski definition) is 2. The van der Waals surface area contributed by atoms with E-state index in [4.69, 9.17) is 27.5 Å². The van der Waals surface area contributed by atoms with Gasteiger partial charge in [-0.1, -0.05) is 23.2 Å². The van der Waals surface area contributed by atoms with E-state index in [-0.39, 0.29) is 22.3 Å². The second-order valence-electron chi connectivity index (χ2n) is 4.39. The number of rotatable bonds is 4. The van der Waals surface area contributed by atoms with Gasteiger partial charge in [0.25, 0.3) is 5.69 Å². The molecule has 0 saturated heterocycles. The molecule has 0 atom stereocenters.